The number of aryl methyl sites for hydroxylation is 1. The number of hydroxylamine groups is 1. The van der Waals surface area contributed by atoms with Gasteiger partial charge in [-0.25, -0.2) is 0 Å². The van der Waals surface area contributed by atoms with Crippen LogP contribution in [0, 0.1) is 0 Å². The van der Waals surface area contributed by atoms with Gasteiger partial charge in [-0.2, -0.15) is 10.6 Å². The molecule has 0 unspecified atom stereocenters. The number of ether oxygens (including phenoxy) is 1. The van der Waals surface area contributed by atoms with Gasteiger partial charge < -0.3 is 4.74 Å². The molecular weight excluding hydrogens is 182 g/mol. The fourth-order valence-corrected chi connectivity index (χ4v) is 1.12. The van der Waals surface area contributed by atoms with Crippen molar-refractivity contribution in [2.45, 2.75) is 20.0 Å². The van der Waals surface area contributed by atoms with Gasteiger partial charge in [-0.15, -0.1) is 0 Å². The van der Waals surface area contributed by atoms with Crippen LogP contribution in [0.5, 0.6) is 0 Å². The van der Waals surface area contributed by atoms with Gasteiger partial charge in [0.15, 0.2) is 0 Å². The van der Waals surface area contributed by atoms with Crippen molar-refractivity contribution in [3.8, 4) is 0 Å². The molecule has 0 aliphatic heterocycles. The Kier molecular flexibility index (Phi) is 5.21. The second-order valence-electron chi connectivity index (χ2n) is 2.80. The van der Waals surface area contributed by atoms with Gasteiger partial charge in [-0.05, 0) is 13.0 Å². The van der Waals surface area contributed by atoms with Crippen molar-refractivity contribution in [1.29, 1.82) is 0 Å². The van der Waals surface area contributed by atoms with E-state index in [9.17, 15) is 0 Å². The summed E-state index contributed by atoms with van der Waals surface area (Å²) in [7, 11) is 1.65. The van der Waals surface area contributed by atoms with E-state index in [1.54, 1.807) is 13.3 Å². The predicted molar refractivity (Wildman–Crippen MR) is 52.6 cm³/mol. The predicted octanol–water partition coefficient (Wildman–Crippen LogP) is 0.571. The van der Waals surface area contributed by atoms with Crippen LogP contribution >= 0.6 is 0 Å². The average molecular weight is 199 g/mol. The molecule has 1 aromatic rings. The summed E-state index contributed by atoms with van der Waals surface area (Å²) >= 11 is 0. The molecule has 1 rings (SSSR count). The van der Waals surface area contributed by atoms with Crippen LogP contribution in [0.4, 0.5) is 0 Å². The first-order chi connectivity index (χ1) is 6.88. The Morgan fingerprint density at radius 2 is 2.36 bits per heavy atom. The zero-order valence-corrected chi connectivity index (χ0v) is 8.69. The molecule has 0 aromatic carbocycles. The molecule has 1 aromatic heterocycles. The van der Waals surface area contributed by atoms with Crippen molar-refractivity contribution in [3.63, 3.8) is 0 Å². The van der Waals surface area contributed by atoms with Crippen molar-refractivity contribution in [1.82, 2.24) is 15.3 Å². The van der Waals surface area contributed by atoms with Crippen LogP contribution in [0.25, 0.3) is 0 Å². The molecule has 0 saturated heterocycles. The van der Waals surface area contributed by atoms with E-state index in [0.29, 0.717) is 19.8 Å². The summed E-state index contributed by atoms with van der Waals surface area (Å²) in [5.41, 5.74) is 3.97. The maximum Gasteiger partial charge on any atom is 0.0916 e. The monoisotopic (exact) mass is 199 g/mol. The Bertz CT molecular complexity index is 250. The summed E-state index contributed by atoms with van der Waals surface area (Å²) in [6, 6.07) is 1.97. The third-order valence-electron chi connectivity index (χ3n) is 1.85. The zero-order chi connectivity index (χ0) is 10.2. The molecule has 0 radical (unpaired) electrons. The first-order valence-electron chi connectivity index (χ1n) is 4.72. The summed E-state index contributed by atoms with van der Waals surface area (Å²) in [5, 5.41) is 4.15. The highest BCUT2D eigenvalue weighted by atomic mass is 16.7. The number of nitrogens with one attached hydrogen (secondary N) is 1. The summed E-state index contributed by atoms with van der Waals surface area (Å²) in [6.07, 6.45) is 1.79. The molecule has 0 spiro atoms. The highest BCUT2D eigenvalue weighted by Gasteiger charge is 1.98. The second-order valence-corrected chi connectivity index (χ2v) is 2.80. The minimum absolute atomic E-state index is 0.552. The number of hydrogen-bond donors (Lipinski definition) is 1. The summed E-state index contributed by atoms with van der Waals surface area (Å²) in [6.45, 7) is 4.75. The average Bonchev–Trinajstić information content (AvgIpc) is 2.65. The lowest BCUT2D eigenvalue weighted by molar-refractivity contribution is 0.00248. The molecule has 1 N–H and O–H groups in total. The smallest absolute Gasteiger partial charge is 0.0916 e. The Balaban J connectivity index is 2.17. The number of methoxy groups -OCH3 is 1. The van der Waals surface area contributed by atoms with E-state index in [1.165, 1.54) is 0 Å². The highest BCUT2D eigenvalue weighted by molar-refractivity contribution is 4.99. The van der Waals surface area contributed by atoms with Crippen molar-refractivity contribution < 1.29 is 9.57 Å². The van der Waals surface area contributed by atoms with Crippen LogP contribution in [0.2, 0.25) is 0 Å². The summed E-state index contributed by atoms with van der Waals surface area (Å²) < 4.78 is 6.76. The van der Waals surface area contributed by atoms with Crippen molar-refractivity contribution in [2.75, 3.05) is 20.3 Å². The van der Waals surface area contributed by atoms with Crippen LogP contribution < -0.4 is 5.48 Å². The molecule has 5 heteroatoms. The molecular formula is C9H17N3O2. The molecule has 0 saturated carbocycles. The lowest BCUT2D eigenvalue weighted by atomic mass is 10.4. The molecule has 0 amide bonds. The highest BCUT2D eigenvalue weighted by Crippen LogP contribution is 1.97. The van der Waals surface area contributed by atoms with Gasteiger partial charge >= 0.3 is 0 Å². The van der Waals surface area contributed by atoms with E-state index in [1.807, 2.05) is 10.7 Å². The summed E-state index contributed by atoms with van der Waals surface area (Å²) in [5.74, 6) is 0. The van der Waals surface area contributed by atoms with Crippen molar-refractivity contribution >= 4 is 0 Å². The Morgan fingerprint density at radius 1 is 1.50 bits per heavy atom. The van der Waals surface area contributed by atoms with Gasteiger partial charge in [0.2, 0.25) is 0 Å². The molecule has 14 heavy (non-hydrogen) atoms. The minimum atomic E-state index is 0.552. The van der Waals surface area contributed by atoms with Gasteiger partial charge in [0, 0.05) is 19.9 Å². The Labute approximate surface area is 84.0 Å². The third-order valence-corrected chi connectivity index (χ3v) is 1.85. The van der Waals surface area contributed by atoms with Gasteiger partial charge in [0.25, 0.3) is 0 Å². The van der Waals surface area contributed by atoms with E-state index < -0.39 is 0 Å². The number of aromatic nitrogens is 2. The fourth-order valence-electron chi connectivity index (χ4n) is 1.12. The standard InChI is InChI=1S/C9H17N3O2/c1-3-12-9(4-5-10-12)8-11-14-7-6-13-2/h4-5,11H,3,6-8H2,1-2H3. The van der Waals surface area contributed by atoms with Gasteiger partial charge in [0.1, 0.15) is 0 Å². The van der Waals surface area contributed by atoms with E-state index in [4.69, 9.17) is 9.57 Å². The fraction of sp³-hybridized carbons (Fsp3) is 0.667. The molecule has 5 nitrogen and oxygen atoms in total. The van der Waals surface area contributed by atoms with E-state index >= 15 is 0 Å². The normalized spacial score (nSPS) is 10.7. The maximum atomic E-state index is 5.13. The van der Waals surface area contributed by atoms with Crippen LogP contribution in [-0.2, 0) is 22.7 Å². The van der Waals surface area contributed by atoms with Gasteiger partial charge in [0.05, 0.1) is 25.5 Å². The number of hydrogen-bond acceptors (Lipinski definition) is 4. The molecule has 0 aliphatic carbocycles. The Morgan fingerprint density at radius 3 is 3.07 bits per heavy atom. The Hall–Kier alpha value is -0.910. The van der Waals surface area contributed by atoms with E-state index in [0.717, 1.165) is 12.2 Å². The van der Waals surface area contributed by atoms with Crippen LogP contribution in [0.1, 0.15) is 12.6 Å². The van der Waals surface area contributed by atoms with Crippen molar-refractivity contribution in [2.24, 2.45) is 0 Å². The van der Waals surface area contributed by atoms with E-state index in [-0.39, 0.29) is 0 Å². The number of nitrogens with zero attached hydrogens (tertiary/aromatic N) is 2. The molecule has 0 bridgehead atoms. The van der Waals surface area contributed by atoms with Crippen LogP contribution in [0.3, 0.4) is 0 Å². The van der Waals surface area contributed by atoms with E-state index in [2.05, 4.69) is 17.5 Å². The first-order valence-corrected chi connectivity index (χ1v) is 4.72. The largest absolute Gasteiger partial charge is 0.382 e. The van der Waals surface area contributed by atoms with Gasteiger partial charge in [-0.3, -0.25) is 9.52 Å². The van der Waals surface area contributed by atoms with Crippen LogP contribution in [-0.4, -0.2) is 30.1 Å². The lowest BCUT2D eigenvalue weighted by Gasteiger charge is -2.06. The maximum absolute atomic E-state index is 5.13. The number of rotatable bonds is 7. The van der Waals surface area contributed by atoms with Crippen LogP contribution in [0.15, 0.2) is 12.3 Å². The molecule has 1 heterocycles. The third kappa shape index (κ3) is 3.45. The SMILES string of the molecule is CCn1nccc1CNOCCOC. The second kappa shape index (κ2) is 6.53. The molecule has 0 atom stereocenters. The van der Waals surface area contributed by atoms with Crippen molar-refractivity contribution in [3.05, 3.63) is 18.0 Å². The lowest BCUT2D eigenvalue weighted by Crippen LogP contribution is -2.19. The molecule has 80 valence electrons. The van der Waals surface area contributed by atoms with Gasteiger partial charge in [-0.1, -0.05) is 0 Å². The topological polar surface area (TPSA) is 48.3 Å². The minimum Gasteiger partial charge on any atom is -0.382 e. The quantitative estimate of drug-likeness (QED) is 0.515. The summed E-state index contributed by atoms with van der Waals surface area (Å²) in [4.78, 5) is 5.13. The first kappa shape index (κ1) is 11.2. The molecule has 0 aliphatic rings. The zero-order valence-electron chi connectivity index (χ0n) is 8.69. The molecule has 0 fully saturated rings.